The number of H-pyrrole nitrogens is 1. The molecule has 3 aromatic rings. The number of allylic oxidation sites excluding steroid dienone is 1. The number of fused-ring (bicyclic) bond motifs is 3. The first-order chi connectivity index (χ1) is 15.6. The average Bonchev–Trinajstić information content (AvgIpc) is 3.16. The van der Waals surface area contributed by atoms with E-state index >= 15 is 0 Å². The molecule has 0 aliphatic carbocycles. The van der Waals surface area contributed by atoms with Crippen molar-refractivity contribution in [2.75, 3.05) is 30.8 Å². The predicted molar refractivity (Wildman–Crippen MR) is 122 cm³/mol. The molecule has 8 heteroatoms. The Morgan fingerprint density at radius 3 is 2.97 bits per heavy atom. The molecule has 1 unspecified atom stereocenters. The second-order valence-corrected chi connectivity index (χ2v) is 8.08. The molecule has 2 aliphatic rings. The monoisotopic (exact) mass is 433 g/mol. The maximum atomic E-state index is 14.4. The van der Waals surface area contributed by atoms with Crippen molar-refractivity contribution in [3.05, 3.63) is 65.4 Å². The van der Waals surface area contributed by atoms with Crippen molar-refractivity contribution < 1.29 is 13.9 Å². The van der Waals surface area contributed by atoms with E-state index in [9.17, 15) is 9.18 Å². The Balaban J connectivity index is 1.75. The van der Waals surface area contributed by atoms with Gasteiger partial charge in [-0.15, -0.1) is 0 Å². The van der Waals surface area contributed by atoms with Crippen LogP contribution in [0.5, 0.6) is 5.75 Å². The van der Waals surface area contributed by atoms with Crippen molar-refractivity contribution in [2.45, 2.75) is 19.3 Å². The Morgan fingerprint density at radius 1 is 1.25 bits per heavy atom. The van der Waals surface area contributed by atoms with Gasteiger partial charge in [-0.1, -0.05) is 17.7 Å². The smallest absolute Gasteiger partial charge is 0.255 e. The fraction of sp³-hybridized carbons (Fsp3) is 0.250. The van der Waals surface area contributed by atoms with Gasteiger partial charge in [0, 0.05) is 36.5 Å². The van der Waals surface area contributed by atoms with E-state index in [-0.39, 0.29) is 17.6 Å². The normalized spacial score (nSPS) is 17.3. The van der Waals surface area contributed by atoms with Crippen LogP contribution in [0.2, 0.25) is 0 Å². The van der Waals surface area contributed by atoms with Crippen molar-refractivity contribution in [2.24, 2.45) is 0 Å². The van der Waals surface area contributed by atoms with Gasteiger partial charge in [-0.2, -0.15) is 0 Å². The molecule has 2 bridgehead atoms. The van der Waals surface area contributed by atoms with Crippen LogP contribution in [-0.2, 0) is 0 Å². The van der Waals surface area contributed by atoms with Gasteiger partial charge in [0.05, 0.1) is 41.6 Å². The third kappa shape index (κ3) is 3.37. The third-order valence-electron chi connectivity index (χ3n) is 6.00. The highest BCUT2D eigenvalue weighted by atomic mass is 19.1. The van der Waals surface area contributed by atoms with Gasteiger partial charge >= 0.3 is 0 Å². The molecule has 1 amide bonds. The van der Waals surface area contributed by atoms with Gasteiger partial charge in [-0.05, 0) is 31.5 Å². The van der Waals surface area contributed by atoms with Crippen LogP contribution in [-0.4, -0.2) is 36.1 Å². The number of hydrogen-bond donors (Lipinski definition) is 4. The van der Waals surface area contributed by atoms with Crippen molar-refractivity contribution in [3.63, 3.8) is 0 Å². The minimum Gasteiger partial charge on any atom is -0.492 e. The van der Waals surface area contributed by atoms with Crippen LogP contribution in [0.15, 0.2) is 48.3 Å². The summed E-state index contributed by atoms with van der Waals surface area (Å²) in [5.74, 6) is -0.455. The third-order valence-corrected chi connectivity index (χ3v) is 6.00. The first-order valence-corrected chi connectivity index (χ1v) is 10.5. The highest BCUT2D eigenvalue weighted by Crippen LogP contribution is 2.44. The molecular weight excluding hydrogens is 409 g/mol. The summed E-state index contributed by atoms with van der Waals surface area (Å²) in [6.07, 6.45) is 6.47. The Morgan fingerprint density at radius 2 is 2.12 bits per heavy atom. The number of aromatic nitrogens is 2. The van der Waals surface area contributed by atoms with E-state index < -0.39 is 5.82 Å². The number of nitrogens with zero attached hydrogens (tertiary/aromatic N) is 1. The quantitative estimate of drug-likeness (QED) is 0.455. The zero-order valence-electron chi connectivity index (χ0n) is 17.9. The van der Waals surface area contributed by atoms with E-state index in [1.807, 2.05) is 6.07 Å². The summed E-state index contributed by atoms with van der Waals surface area (Å²) in [5, 5.41) is 9.75. The molecule has 164 valence electrons. The van der Waals surface area contributed by atoms with Crippen molar-refractivity contribution in [3.8, 4) is 17.0 Å². The minimum atomic E-state index is -0.480. The molecule has 0 saturated heterocycles. The largest absolute Gasteiger partial charge is 0.492 e. The summed E-state index contributed by atoms with van der Waals surface area (Å²) < 4.78 is 19.7. The summed E-state index contributed by atoms with van der Waals surface area (Å²) in [4.78, 5) is 20.8. The van der Waals surface area contributed by atoms with Crippen molar-refractivity contribution in [1.29, 1.82) is 0 Å². The second-order valence-electron chi connectivity index (χ2n) is 8.08. The highest BCUT2D eigenvalue weighted by molar-refractivity contribution is 6.07. The van der Waals surface area contributed by atoms with E-state index in [1.165, 1.54) is 18.7 Å². The van der Waals surface area contributed by atoms with Gasteiger partial charge in [0.15, 0.2) is 11.6 Å². The predicted octanol–water partition coefficient (Wildman–Crippen LogP) is 4.56. The van der Waals surface area contributed by atoms with Crippen LogP contribution < -0.4 is 20.7 Å². The molecule has 2 aliphatic heterocycles. The Kier molecular flexibility index (Phi) is 5.05. The maximum Gasteiger partial charge on any atom is 0.255 e. The number of para-hydroxylation sites is 1. The number of anilines is 3. The number of carbonyl (C=O) groups is 1. The number of nitrogens with one attached hydrogen (secondary N) is 4. The average molecular weight is 433 g/mol. The fourth-order valence-electron chi connectivity index (χ4n) is 4.35. The molecule has 0 radical (unpaired) electrons. The lowest BCUT2D eigenvalue weighted by Crippen LogP contribution is -2.35. The highest BCUT2D eigenvalue weighted by Gasteiger charge is 2.33. The van der Waals surface area contributed by atoms with E-state index in [0.717, 1.165) is 29.1 Å². The Hall–Kier alpha value is -3.81. The maximum absolute atomic E-state index is 14.4. The molecule has 32 heavy (non-hydrogen) atoms. The lowest BCUT2D eigenvalue weighted by Gasteiger charge is -2.23. The number of methoxy groups -OCH3 is 1. The first-order valence-electron chi connectivity index (χ1n) is 10.5. The van der Waals surface area contributed by atoms with Crippen molar-refractivity contribution in [1.82, 2.24) is 15.3 Å². The number of halogens is 1. The fourth-order valence-corrected chi connectivity index (χ4v) is 4.35. The molecule has 4 heterocycles. The zero-order chi connectivity index (χ0) is 22.2. The second kappa shape index (κ2) is 8.03. The molecule has 4 N–H and O–H groups in total. The van der Waals surface area contributed by atoms with Gasteiger partial charge in [0.25, 0.3) is 5.91 Å². The molecule has 0 saturated carbocycles. The molecular formula is C24H24FN5O2. The molecule has 5 rings (SSSR count). The summed E-state index contributed by atoms with van der Waals surface area (Å²) in [6, 6.07) is 6.57. The van der Waals surface area contributed by atoms with Crippen LogP contribution in [0.1, 0.15) is 35.3 Å². The SMILES string of the molecule is COc1c(F)cccc1Nc1c2[nH]c3c1C(=O)NCC3CC=C(C)CNc1cnccc1-2. The van der Waals surface area contributed by atoms with Gasteiger partial charge in [-0.25, -0.2) is 4.39 Å². The van der Waals surface area contributed by atoms with Crippen LogP contribution in [0.4, 0.5) is 21.5 Å². The molecule has 1 aromatic carbocycles. The van der Waals surface area contributed by atoms with Gasteiger partial charge in [0.1, 0.15) is 0 Å². The molecule has 2 aromatic heterocycles. The minimum absolute atomic E-state index is 0.0916. The lowest BCUT2D eigenvalue weighted by atomic mass is 9.92. The van der Waals surface area contributed by atoms with Gasteiger partial charge < -0.3 is 25.7 Å². The zero-order valence-corrected chi connectivity index (χ0v) is 17.9. The Bertz CT molecular complexity index is 1230. The van der Waals surface area contributed by atoms with Gasteiger partial charge in [0.2, 0.25) is 0 Å². The van der Waals surface area contributed by atoms with Gasteiger partial charge in [-0.3, -0.25) is 9.78 Å². The number of pyridine rings is 1. The Labute approximate surface area is 185 Å². The van der Waals surface area contributed by atoms with E-state index in [0.29, 0.717) is 30.0 Å². The number of carbonyl (C=O) groups excluding carboxylic acids is 1. The topological polar surface area (TPSA) is 91.1 Å². The molecule has 0 fully saturated rings. The van der Waals surface area contributed by atoms with E-state index in [2.05, 4.69) is 38.9 Å². The van der Waals surface area contributed by atoms with Crippen LogP contribution in [0, 0.1) is 5.82 Å². The molecule has 0 spiro atoms. The number of hydrogen-bond acceptors (Lipinski definition) is 5. The number of rotatable bonds is 3. The van der Waals surface area contributed by atoms with Crippen LogP contribution in [0.25, 0.3) is 11.3 Å². The molecule has 7 nitrogen and oxygen atoms in total. The number of amides is 1. The number of ether oxygens (including phenoxy) is 1. The number of aromatic amines is 1. The lowest BCUT2D eigenvalue weighted by molar-refractivity contribution is 0.0941. The standard InChI is InChI=1S/C24H24FN5O2/c1-13-6-7-14-11-28-24(31)19-20(14)30-21(15-8-9-26-12-18(15)27-10-13)22(19)29-17-5-3-4-16(25)23(17)32-2/h3-6,8-9,12,14,27,29-30H,7,10-11H2,1-2H3,(H,28,31). The summed E-state index contributed by atoms with van der Waals surface area (Å²) in [7, 11) is 1.42. The van der Waals surface area contributed by atoms with Crippen LogP contribution in [0.3, 0.4) is 0 Å². The molecule has 1 atom stereocenters. The van der Waals surface area contributed by atoms with Crippen LogP contribution >= 0.6 is 0 Å². The number of benzene rings is 1. The summed E-state index contributed by atoms with van der Waals surface area (Å²) in [5.41, 5.74) is 6.10. The summed E-state index contributed by atoms with van der Waals surface area (Å²) >= 11 is 0. The first kappa shape index (κ1) is 20.1. The van der Waals surface area contributed by atoms with E-state index in [1.54, 1.807) is 24.5 Å². The summed E-state index contributed by atoms with van der Waals surface area (Å²) in [6.45, 7) is 3.33. The van der Waals surface area contributed by atoms with E-state index in [4.69, 9.17) is 4.74 Å². The van der Waals surface area contributed by atoms with Crippen molar-refractivity contribution >= 4 is 23.0 Å².